The lowest BCUT2D eigenvalue weighted by Crippen LogP contribution is -2.04. The Balaban J connectivity index is 2.31. The van der Waals surface area contributed by atoms with E-state index in [0.717, 1.165) is 14.6 Å². The molecule has 4 N–H and O–H groups in total. The number of anilines is 3. The molecular weight excluding hydrogens is 378 g/mol. The van der Waals surface area contributed by atoms with E-state index in [1.165, 1.54) is 12.3 Å². The van der Waals surface area contributed by atoms with Gasteiger partial charge in [-0.3, -0.25) is 0 Å². The highest BCUT2D eigenvalue weighted by atomic mass is 79.9. The summed E-state index contributed by atoms with van der Waals surface area (Å²) in [5.74, 6) is -0.649. The van der Waals surface area contributed by atoms with Gasteiger partial charge in [0.25, 0.3) is 0 Å². The van der Waals surface area contributed by atoms with E-state index in [4.69, 9.17) is 10.8 Å². The van der Waals surface area contributed by atoms with Crippen molar-refractivity contribution >= 4 is 55.0 Å². The summed E-state index contributed by atoms with van der Waals surface area (Å²) in [6, 6.07) is 6.96. The van der Waals surface area contributed by atoms with Gasteiger partial charge in [-0.05, 0) is 40.2 Å². The van der Waals surface area contributed by atoms with Crippen molar-refractivity contribution in [2.75, 3.05) is 11.1 Å². The smallest absolute Gasteiger partial charge is 0.337 e. The Labute approximate surface area is 126 Å². The fraction of sp³-hybridized carbons (Fsp3) is 0. The van der Waals surface area contributed by atoms with Gasteiger partial charge in [-0.25, -0.2) is 9.78 Å². The van der Waals surface area contributed by atoms with Crippen molar-refractivity contribution in [3.05, 3.63) is 45.0 Å². The van der Waals surface area contributed by atoms with Crippen LogP contribution in [0.25, 0.3) is 0 Å². The molecule has 5 nitrogen and oxygen atoms in total. The number of aromatic carboxylic acids is 1. The Hall–Kier alpha value is -1.60. The van der Waals surface area contributed by atoms with Crippen molar-refractivity contribution in [1.29, 1.82) is 0 Å². The minimum Gasteiger partial charge on any atom is -0.478 e. The van der Waals surface area contributed by atoms with Crippen molar-refractivity contribution < 1.29 is 9.90 Å². The second kappa shape index (κ2) is 5.58. The summed E-state index contributed by atoms with van der Waals surface area (Å²) < 4.78 is 1.78. The minimum atomic E-state index is -1.06. The number of nitrogens with one attached hydrogen (secondary N) is 1. The van der Waals surface area contributed by atoms with Crippen LogP contribution in [0.3, 0.4) is 0 Å². The van der Waals surface area contributed by atoms with Crippen LogP contribution in [0, 0.1) is 0 Å². The number of aromatic nitrogens is 1. The summed E-state index contributed by atoms with van der Waals surface area (Å²) in [6.45, 7) is 0. The maximum atomic E-state index is 10.8. The third-order valence-electron chi connectivity index (χ3n) is 2.35. The van der Waals surface area contributed by atoms with Crippen LogP contribution in [0.2, 0.25) is 0 Å². The average molecular weight is 387 g/mol. The molecule has 0 saturated heterocycles. The molecule has 7 heteroatoms. The average Bonchev–Trinajstić information content (AvgIpc) is 2.34. The zero-order valence-corrected chi connectivity index (χ0v) is 12.7. The van der Waals surface area contributed by atoms with Gasteiger partial charge in [0, 0.05) is 15.1 Å². The summed E-state index contributed by atoms with van der Waals surface area (Å²) in [5.41, 5.74) is 6.88. The Morgan fingerprint density at radius 2 is 2.05 bits per heavy atom. The standard InChI is InChI=1S/C12H9Br2N3O2/c13-7-1-2-10(8(14)4-7)17-11-9(15)3-6(5-16-11)12(18)19/h1-5H,15H2,(H,16,17)(H,18,19). The summed E-state index contributed by atoms with van der Waals surface area (Å²) in [7, 11) is 0. The fourth-order valence-corrected chi connectivity index (χ4v) is 2.57. The predicted molar refractivity (Wildman–Crippen MR) is 80.7 cm³/mol. The molecule has 0 radical (unpaired) electrons. The van der Waals surface area contributed by atoms with Gasteiger partial charge in [0.15, 0.2) is 5.82 Å². The topological polar surface area (TPSA) is 88.2 Å². The first kappa shape index (κ1) is 13.8. The van der Waals surface area contributed by atoms with Crippen molar-refractivity contribution in [2.24, 2.45) is 0 Å². The third-order valence-corrected chi connectivity index (χ3v) is 3.50. The number of carboxylic acid groups (broad SMARTS) is 1. The van der Waals surface area contributed by atoms with E-state index in [1.54, 1.807) is 0 Å². The van der Waals surface area contributed by atoms with Crippen LogP contribution in [0.1, 0.15) is 10.4 Å². The van der Waals surface area contributed by atoms with Gasteiger partial charge in [-0.2, -0.15) is 0 Å². The molecule has 0 amide bonds. The molecule has 98 valence electrons. The summed E-state index contributed by atoms with van der Waals surface area (Å²) >= 11 is 6.77. The molecule has 0 aliphatic carbocycles. The van der Waals surface area contributed by atoms with Crippen LogP contribution in [0.4, 0.5) is 17.2 Å². The van der Waals surface area contributed by atoms with Crippen LogP contribution < -0.4 is 11.1 Å². The Kier molecular flexibility index (Phi) is 4.06. The monoisotopic (exact) mass is 385 g/mol. The summed E-state index contributed by atoms with van der Waals surface area (Å²) in [5, 5.41) is 11.9. The van der Waals surface area contributed by atoms with Crippen LogP contribution in [-0.4, -0.2) is 16.1 Å². The van der Waals surface area contributed by atoms with Crippen LogP contribution in [0.5, 0.6) is 0 Å². The number of nitrogen functional groups attached to an aromatic ring is 1. The molecule has 0 fully saturated rings. The van der Waals surface area contributed by atoms with Crippen LogP contribution in [0.15, 0.2) is 39.4 Å². The van der Waals surface area contributed by atoms with E-state index in [-0.39, 0.29) is 11.3 Å². The molecule has 1 heterocycles. The quantitative estimate of drug-likeness (QED) is 0.749. The number of nitrogens with zero attached hydrogens (tertiary/aromatic N) is 1. The number of pyridine rings is 1. The largest absolute Gasteiger partial charge is 0.478 e. The van der Waals surface area contributed by atoms with Crippen molar-refractivity contribution in [3.8, 4) is 0 Å². The van der Waals surface area contributed by atoms with E-state index in [0.29, 0.717) is 5.82 Å². The second-order valence-electron chi connectivity index (χ2n) is 3.72. The molecule has 0 unspecified atom stereocenters. The molecule has 0 aliphatic rings. The highest BCUT2D eigenvalue weighted by Gasteiger charge is 2.09. The van der Waals surface area contributed by atoms with E-state index in [9.17, 15) is 4.79 Å². The molecule has 0 spiro atoms. The molecular formula is C12H9Br2N3O2. The van der Waals surface area contributed by atoms with Crippen LogP contribution in [-0.2, 0) is 0 Å². The van der Waals surface area contributed by atoms with Gasteiger partial charge in [0.1, 0.15) is 0 Å². The number of rotatable bonds is 3. The first-order valence-electron chi connectivity index (χ1n) is 5.18. The summed E-state index contributed by atoms with van der Waals surface area (Å²) in [6.07, 6.45) is 1.26. The molecule has 0 atom stereocenters. The van der Waals surface area contributed by atoms with Crippen molar-refractivity contribution in [1.82, 2.24) is 4.98 Å². The molecule has 2 rings (SSSR count). The van der Waals surface area contributed by atoms with Gasteiger partial charge >= 0.3 is 5.97 Å². The number of hydrogen-bond donors (Lipinski definition) is 3. The highest BCUT2D eigenvalue weighted by molar-refractivity contribution is 9.11. The first-order chi connectivity index (χ1) is 8.97. The van der Waals surface area contributed by atoms with Gasteiger partial charge < -0.3 is 16.2 Å². The zero-order chi connectivity index (χ0) is 14.0. The van der Waals surface area contributed by atoms with Crippen LogP contribution >= 0.6 is 31.9 Å². The van der Waals surface area contributed by atoms with Gasteiger partial charge in [0.05, 0.1) is 16.9 Å². The number of benzene rings is 1. The predicted octanol–water partition coefficient (Wildman–Crippen LogP) is 3.63. The second-order valence-corrected chi connectivity index (χ2v) is 5.49. The van der Waals surface area contributed by atoms with Gasteiger partial charge in [-0.1, -0.05) is 15.9 Å². The molecule has 1 aromatic carbocycles. The van der Waals surface area contributed by atoms with E-state index in [2.05, 4.69) is 42.2 Å². The Morgan fingerprint density at radius 3 is 2.63 bits per heavy atom. The molecule has 2 aromatic rings. The normalized spacial score (nSPS) is 10.2. The maximum absolute atomic E-state index is 10.8. The number of hydrogen-bond acceptors (Lipinski definition) is 4. The van der Waals surface area contributed by atoms with Gasteiger partial charge in [0.2, 0.25) is 0 Å². The first-order valence-corrected chi connectivity index (χ1v) is 6.77. The molecule has 0 aliphatic heterocycles. The van der Waals surface area contributed by atoms with E-state index in [1.807, 2.05) is 18.2 Å². The summed E-state index contributed by atoms with van der Waals surface area (Å²) in [4.78, 5) is 14.8. The fourth-order valence-electron chi connectivity index (χ4n) is 1.42. The third kappa shape index (κ3) is 3.24. The molecule has 0 saturated carbocycles. The van der Waals surface area contributed by atoms with E-state index >= 15 is 0 Å². The number of nitrogens with two attached hydrogens (primary N) is 1. The Morgan fingerprint density at radius 1 is 1.32 bits per heavy atom. The minimum absolute atomic E-state index is 0.0536. The Bertz CT molecular complexity index is 647. The highest BCUT2D eigenvalue weighted by Crippen LogP contribution is 2.30. The maximum Gasteiger partial charge on any atom is 0.337 e. The van der Waals surface area contributed by atoms with Gasteiger partial charge in [-0.15, -0.1) is 0 Å². The molecule has 19 heavy (non-hydrogen) atoms. The molecule has 0 bridgehead atoms. The van der Waals surface area contributed by atoms with Crippen molar-refractivity contribution in [3.63, 3.8) is 0 Å². The van der Waals surface area contributed by atoms with E-state index < -0.39 is 5.97 Å². The SMILES string of the molecule is Nc1cc(C(=O)O)cnc1Nc1ccc(Br)cc1Br. The number of carbonyl (C=O) groups is 1. The lowest BCUT2D eigenvalue weighted by Gasteiger charge is -2.10. The lowest BCUT2D eigenvalue weighted by molar-refractivity contribution is 0.0696. The lowest BCUT2D eigenvalue weighted by atomic mass is 10.2. The number of halogens is 2. The van der Waals surface area contributed by atoms with Crippen molar-refractivity contribution in [2.45, 2.75) is 0 Å². The molecule has 1 aromatic heterocycles. The number of carboxylic acids is 1. The zero-order valence-electron chi connectivity index (χ0n) is 9.52.